The van der Waals surface area contributed by atoms with Gasteiger partial charge in [0.05, 0.1) is 12.2 Å². The Balaban J connectivity index is 4.42. The van der Waals surface area contributed by atoms with Crippen molar-refractivity contribution in [1.82, 2.24) is 0 Å². The number of hydrogen-bond donors (Lipinski definition) is 0. The fourth-order valence-electron chi connectivity index (χ4n) is 1.39. The van der Waals surface area contributed by atoms with Crippen molar-refractivity contribution in [3.8, 4) is 0 Å². The van der Waals surface area contributed by atoms with E-state index >= 15 is 0 Å². The third kappa shape index (κ3) is 7.23. The van der Waals surface area contributed by atoms with Crippen LogP contribution in [-0.4, -0.2) is 18.9 Å². The van der Waals surface area contributed by atoms with Crippen LogP contribution in [0, 0.1) is 5.41 Å². The van der Waals surface area contributed by atoms with Crippen molar-refractivity contribution >= 4 is 7.60 Å². The van der Waals surface area contributed by atoms with E-state index in [0.717, 1.165) is 19.3 Å². The normalized spacial score (nSPS) is 19.7. The van der Waals surface area contributed by atoms with Crippen LogP contribution in [0.5, 0.6) is 0 Å². The van der Waals surface area contributed by atoms with Crippen molar-refractivity contribution in [3.63, 3.8) is 0 Å². The first-order valence-corrected chi connectivity index (χ1v) is 8.55. The third-order valence-corrected chi connectivity index (χ3v) is 4.36. The molecule has 0 aliphatic heterocycles. The summed E-state index contributed by atoms with van der Waals surface area (Å²) in [4.78, 5) is 0. The molecule has 3 unspecified atom stereocenters. The van der Waals surface area contributed by atoms with Gasteiger partial charge in [0.25, 0.3) is 0 Å². The molecule has 0 saturated heterocycles. The largest absolute Gasteiger partial charge is 0.328 e. The molecule has 104 valence electrons. The Morgan fingerprint density at radius 1 is 1.18 bits per heavy atom. The van der Waals surface area contributed by atoms with Gasteiger partial charge in [0.2, 0.25) is 0 Å². The topological polar surface area (TPSA) is 35.5 Å². The molecule has 3 nitrogen and oxygen atoms in total. The summed E-state index contributed by atoms with van der Waals surface area (Å²) in [5.74, 6) is 0. The van der Waals surface area contributed by atoms with Gasteiger partial charge < -0.3 is 9.05 Å². The highest BCUT2D eigenvalue weighted by atomic mass is 31.2. The molecule has 4 heteroatoms. The van der Waals surface area contributed by atoms with E-state index in [4.69, 9.17) is 9.05 Å². The summed E-state index contributed by atoms with van der Waals surface area (Å²) in [6.07, 6.45) is 2.80. The summed E-state index contributed by atoms with van der Waals surface area (Å²) >= 11 is 0. The molecule has 0 aliphatic carbocycles. The molecule has 0 bridgehead atoms. The zero-order chi connectivity index (χ0) is 13.7. The molecule has 0 aliphatic rings. The van der Waals surface area contributed by atoms with E-state index in [0.29, 0.717) is 0 Å². The zero-order valence-electron chi connectivity index (χ0n) is 12.4. The lowest BCUT2D eigenvalue weighted by atomic mass is 9.91. The van der Waals surface area contributed by atoms with Crippen molar-refractivity contribution in [2.45, 2.75) is 73.0 Å². The van der Waals surface area contributed by atoms with Gasteiger partial charge in [-0.15, -0.1) is 0 Å². The van der Waals surface area contributed by atoms with Crippen LogP contribution in [0.1, 0.15) is 60.8 Å². The van der Waals surface area contributed by atoms with E-state index in [9.17, 15) is 4.57 Å². The average molecular weight is 264 g/mol. The van der Waals surface area contributed by atoms with E-state index in [-0.39, 0.29) is 17.6 Å². The fraction of sp³-hybridized carbons (Fsp3) is 1.00. The molecule has 0 fully saturated rings. The summed E-state index contributed by atoms with van der Waals surface area (Å²) in [6, 6.07) is 0. The second kappa shape index (κ2) is 6.92. The van der Waals surface area contributed by atoms with Gasteiger partial charge in [-0.3, -0.25) is 4.57 Å². The van der Waals surface area contributed by atoms with Crippen LogP contribution in [0.3, 0.4) is 0 Å². The predicted octanol–water partition coefficient (Wildman–Crippen LogP) is 4.86. The van der Waals surface area contributed by atoms with Gasteiger partial charge in [-0.2, -0.15) is 0 Å². The Morgan fingerprint density at radius 2 is 1.71 bits per heavy atom. The van der Waals surface area contributed by atoms with E-state index in [1.54, 1.807) is 6.66 Å². The van der Waals surface area contributed by atoms with E-state index in [1.807, 2.05) is 13.8 Å². The van der Waals surface area contributed by atoms with Gasteiger partial charge in [-0.05, 0) is 25.2 Å². The van der Waals surface area contributed by atoms with Crippen LogP contribution in [0.15, 0.2) is 0 Å². The minimum absolute atomic E-state index is 0.0263. The van der Waals surface area contributed by atoms with Crippen LogP contribution in [-0.2, 0) is 13.6 Å². The summed E-state index contributed by atoms with van der Waals surface area (Å²) < 4.78 is 23.5. The first-order valence-electron chi connectivity index (χ1n) is 6.56. The fourth-order valence-corrected chi connectivity index (χ4v) is 3.13. The zero-order valence-corrected chi connectivity index (χ0v) is 13.3. The van der Waals surface area contributed by atoms with Gasteiger partial charge >= 0.3 is 7.60 Å². The standard InChI is InChI=1S/C13H29O3P/c1-8-10-12(9-2)16-17(7,14)15-11(3)13(4,5)6/h11-12H,8-10H2,1-7H3. The maximum Gasteiger partial charge on any atom is 0.328 e. The molecular weight excluding hydrogens is 235 g/mol. The van der Waals surface area contributed by atoms with Crippen molar-refractivity contribution in [1.29, 1.82) is 0 Å². The van der Waals surface area contributed by atoms with E-state index in [2.05, 4.69) is 27.7 Å². The van der Waals surface area contributed by atoms with Crippen LogP contribution >= 0.6 is 7.60 Å². The minimum Gasteiger partial charge on any atom is -0.305 e. The second-order valence-corrected chi connectivity index (χ2v) is 7.77. The van der Waals surface area contributed by atoms with Crippen LogP contribution in [0.4, 0.5) is 0 Å². The Morgan fingerprint density at radius 3 is 2.06 bits per heavy atom. The quantitative estimate of drug-likeness (QED) is 0.616. The number of hydrogen-bond acceptors (Lipinski definition) is 3. The lowest BCUT2D eigenvalue weighted by Gasteiger charge is -2.31. The molecule has 3 atom stereocenters. The smallest absolute Gasteiger partial charge is 0.305 e. The lowest BCUT2D eigenvalue weighted by molar-refractivity contribution is 0.0629. The predicted molar refractivity (Wildman–Crippen MR) is 73.6 cm³/mol. The van der Waals surface area contributed by atoms with Crippen molar-refractivity contribution in [3.05, 3.63) is 0 Å². The molecule has 0 aromatic carbocycles. The maximum atomic E-state index is 12.3. The highest BCUT2D eigenvalue weighted by molar-refractivity contribution is 7.53. The highest BCUT2D eigenvalue weighted by Gasteiger charge is 2.30. The second-order valence-electron chi connectivity index (χ2n) is 5.81. The molecule has 0 N–H and O–H groups in total. The number of rotatable bonds is 7. The van der Waals surface area contributed by atoms with Crippen molar-refractivity contribution in [2.24, 2.45) is 5.41 Å². The molecule has 0 heterocycles. The average Bonchev–Trinajstić information content (AvgIpc) is 2.14. The molecule has 0 amide bonds. The van der Waals surface area contributed by atoms with Crippen LogP contribution in [0.2, 0.25) is 0 Å². The first kappa shape index (κ1) is 17.2. The minimum atomic E-state index is -2.95. The van der Waals surface area contributed by atoms with Crippen molar-refractivity contribution < 1.29 is 13.6 Å². The molecule has 0 saturated carbocycles. The van der Waals surface area contributed by atoms with Crippen molar-refractivity contribution in [2.75, 3.05) is 6.66 Å². The Labute approximate surface area is 107 Å². The summed E-state index contributed by atoms with van der Waals surface area (Å²) in [6.45, 7) is 13.9. The molecule has 0 spiro atoms. The summed E-state index contributed by atoms with van der Waals surface area (Å²) in [7, 11) is -2.95. The lowest BCUT2D eigenvalue weighted by Crippen LogP contribution is -2.26. The van der Waals surface area contributed by atoms with E-state index < -0.39 is 7.60 Å². The molecule has 0 radical (unpaired) electrons. The third-order valence-electron chi connectivity index (χ3n) is 2.98. The summed E-state index contributed by atoms with van der Waals surface area (Å²) in [5.41, 5.74) is -0.0263. The van der Waals surface area contributed by atoms with Crippen LogP contribution in [0.25, 0.3) is 0 Å². The van der Waals surface area contributed by atoms with Gasteiger partial charge in [-0.1, -0.05) is 41.0 Å². The monoisotopic (exact) mass is 264 g/mol. The Hall–Kier alpha value is 0.150. The van der Waals surface area contributed by atoms with E-state index in [1.165, 1.54) is 0 Å². The van der Waals surface area contributed by atoms with Gasteiger partial charge in [0.15, 0.2) is 0 Å². The SMILES string of the molecule is CCCC(CC)OP(C)(=O)OC(C)C(C)(C)C. The van der Waals surface area contributed by atoms with Gasteiger partial charge in [0.1, 0.15) is 0 Å². The molecule has 0 aromatic rings. The molecule has 17 heavy (non-hydrogen) atoms. The highest BCUT2D eigenvalue weighted by Crippen LogP contribution is 2.49. The molecule has 0 aromatic heterocycles. The Kier molecular flexibility index (Phi) is 6.98. The van der Waals surface area contributed by atoms with Gasteiger partial charge in [-0.25, -0.2) is 0 Å². The first-order chi connectivity index (χ1) is 7.62. The summed E-state index contributed by atoms with van der Waals surface area (Å²) in [5, 5.41) is 0. The molecule has 0 rings (SSSR count). The molecular formula is C13H29O3P. The maximum absolute atomic E-state index is 12.3. The Bertz CT molecular complexity index is 258. The van der Waals surface area contributed by atoms with Gasteiger partial charge in [0, 0.05) is 6.66 Å². The van der Waals surface area contributed by atoms with Crippen LogP contribution < -0.4 is 0 Å².